The third-order valence-corrected chi connectivity index (χ3v) is 4.91. The summed E-state index contributed by atoms with van der Waals surface area (Å²) < 4.78 is 19.3. The topological polar surface area (TPSA) is 57.7 Å². The molecule has 3 rings (SSSR count). The van der Waals surface area contributed by atoms with E-state index in [1.807, 2.05) is 43.0 Å². The average Bonchev–Trinajstić information content (AvgIpc) is 2.68. The first-order chi connectivity index (χ1) is 13.0. The molecular weight excluding hydrogens is 347 g/mol. The molecule has 0 spiro atoms. The number of urea groups is 1. The molecule has 1 aromatic heterocycles. The van der Waals surface area contributed by atoms with Crippen LogP contribution in [-0.4, -0.2) is 48.7 Å². The molecule has 0 radical (unpaired) electrons. The van der Waals surface area contributed by atoms with Crippen molar-refractivity contribution in [2.24, 2.45) is 0 Å². The first kappa shape index (κ1) is 18.9. The Kier molecular flexibility index (Phi) is 5.78. The van der Waals surface area contributed by atoms with E-state index < -0.39 is 0 Å². The lowest BCUT2D eigenvalue weighted by Gasteiger charge is -2.41. The number of methoxy groups -OCH3 is 1. The standard InChI is InChI=1S/C20H25FN4O2/c1-14-13-24(9-10-25(14)19-7-8-22-12-18(19)21)20(26)23-15(2)16-5-4-6-17(11-16)27-3/h4-8,11-12,14-15H,9-10,13H2,1-3H3,(H,23,26)/t14?,15-/m1/s1. The minimum absolute atomic E-state index is 0.00789. The predicted molar refractivity (Wildman–Crippen MR) is 103 cm³/mol. The molecule has 2 atom stereocenters. The number of pyridine rings is 1. The quantitative estimate of drug-likeness (QED) is 0.895. The number of aromatic nitrogens is 1. The first-order valence-corrected chi connectivity index (χ1v) is 9.05. The molecule has 1 aliphatic rings. The summed E-state index contributed by atoms with van der Waals surface area (Å²) in [5.41, 5.74) is 1.51. The highest BCUT2D eigenvalue weighted by atomic mass is 19.1. The van der Waals surface area contributed by atoms with Gasteiger partial charge >= 0.3 is 6.03 Å². The van der Waals surface area contributed by atoms with Gasteiger partial charge in [0, 0.05) is 31.9 Å². The Bertz CT molecular complexity index is 801. The lowest BCUT2D eigenvalue weighted by Crippen LogP contribution is -2.56. The average molecular weight is 372 g/mol. The normalized spacial score (nSPS) is 18.1. The maximum absolute atomic E-state index is 14.0. The van der Waals surface area contributed by atoms with Crippen molar-refractivity contribution in [3.63, 3.8) is 0 Å². The molecule has 1 aromatic carbocycles. The molecule has 2 heterocycles. The Morgan fingerprint density at radius 2 is 2.19 bits per heavy atom. The SMILES string of the molecule is COc1cccc([C@@H](C)NC(=O)N2CCN(c3ccncc3F)C(C)C2)c1. The zero-order valence-corrected chi connectivity index (χ0v) is 15.9. The van der Waals surface area contributed by atoms with Gasteiger partial charge in [-0.3, -0.25) is 4.98 Å². The Morgan fingerprint density at radius 1 is 1.37 bits per heavy atom. The van der Waals surface area contributed by atoms with E-state index in [-0.39, 0.29) is 23.9 Å². The Morgan fingerprint density at radius 3 is 2.89 bits per heavy atom. The molecule has 144 valence electrons. The number of carbonyl (C=O) groups is 1. The molecule has 1 N–H and O–H groups in total. The van der Waals surface area contributed by atoms with Gasteiger partial charge in [-0.15, -0.1) is 0 Å². The van der Waals surface area contributed by atoms with Crippen LogP contribution in [0.4, 0.5) is 14.9 Å². The molecule has 6 nitrogen and oxygen atoms in total. The van der Waals surface area contributed by atoms with E-state index in [2.05, 4.69) is 10.3 Å². The summed E-state index contributed by atoms with van der Waals surface area (Å²) in [5, 5.41) is 3.03. The minimum atomic E-state index is -0.339. The van der Waals surface area contributed by atoms with E-state index in [1.54, 1.807) is 24.3 Å². The second kappa shape index (κ2) is 8.24. The van der Waals surface area contributed by atoms with Crippen molar-refractivity contribution in [3.8, 4) is 5.75 Å². The van der Waals surface area contributed by atoms with E-state index in [0.717, 1.165) is 11.3 Å². The lowest BCUT2D eigenvalue weighted by molar-refractivity contribution is 0.183. The zero-order valence-electron chi connectivity index (χ0n) is 15.9. The summed E-state index contributed by atoms with van der Waals surface area (Å²) >= 11 is 0. The second-order valence-corrected chi connectivity index (χ2v) is 6.76. The highest BCUT2D eigenvalue weighted by molar-refractivity contribution is 5.75. The summed E-state index contributed by atoms with van der Waals surface area (Å²) in [5.74, 6) is 0.420. The molecule has 2 aromatic rings. The monoisotopic (exact) mass is 372 g/mol. The number of anilines is 1. The number of rotatable bonds is 4. The van der Waals surface area contributed by atoms with Crippen molar-refractivity contribution in [1.29, 1.82) is 0 Å². The van der Waals surface area contributed by atoms with Crippen LogP contribution in [0, 0.1) is 5.82 Å². The molecule has 1 unspecified atom stereocenters. The van der Waals surface area contributed by atoms with Crippen LogP contribution in [0.5, 0.6) is 5.75 Å². The van der Waals surface area contributed by atoms with Gasteiger partial charge in [-0.1, -0.05) is 12.1 Å². The molecule has 0 bridgehead atoms. The molecule has 2 amide bonds. The Hall–Kier alpha value is -2.83. The maximum Gasteiger partial charge on any atom is 0.318 e. The fourth-order valence-corrected chi connectivity index (χ4v) is 3.37. The number of halogens is 1. The van der Waals surface area contributed by atoms with Gasteiger partial charge in [0.2, 0.25) is 0 Å². The smallest absolute Gasteiger partial charge is 0.318 e. The van der Waals surface area contributed by atoms with Gasteiger partial charge in [0.25, 0.3) is 0 Å². The summed E-state index contributed by atoms with van der Waals surface area (Å²) in [4.78, 5) is 20.2. The van der Waals surface area contributed by atoms with Crippen molar-refractivity contribution < 1.29 is 13.9 Å². The number of ether oxygens (including phenoxy) is 1. The van der Waals surface area contributed by atoms with Crippen LogP contribution in [0.2, 0.25) is 0 Å². The number of nitrogens with zero attached hydrogens (tertiary/aromatic N) is 3. The number of hydrogen-bond acceptors (Lipinski definition) is 4. The number of amides is 2. The van der Waals surface area contributed by atoms with Crippen molar-refractivity contribution in [2.75, 3.05) is 31.6 Å². The maximum atomic E-state index is 14.0. The fraction of sp³-hybridized carbons (Fsp3) is 0.400. The van der Waals surface area contributed by atoms with Crippen LogP contribution in [-0.2, 0) is 0 Å². The molecule has 0 aliphatic carbocycles. The summed E-state index contributed by atoms with van der Waals surface area (Å²) in [6.07, 6.45) is 2.80. The fourth-order valence-electron chi connectivity index (χ4n) is 3.37. The largest absolute Gasteiger partial charge is 0.497 e. The Balaban J connectivity index is 1.61. The van der Waals surface area contributed by atoms with Crippen LogP contribution < -0.4 is 15.0 Å². The number of piperazine rings is 1. The second-order valence-electron chi connectivity index (χ2n) is 6.76. The van der Waals surface area contributed by atoms with Crippen LogP contribution in [0.3, 0.4) is 0 Å². The van der Waals surface area contributed by atoms with Crippen LogP contribution in [0.25, 0.3) is 0 Å². The van der Waals surface area contributed by atoms with Gasteiger partial charge < -0.3 is 19.9 Å². The van der Waals surface area contributed by atoms with Gasteiger partial charge in [0.05, 0.1) is 25.0 Å². The van der Waals surface area contributed by atoms with Crippen molar-refractivity contribution in [1.82, 2.24) is 15.2 Å². The molecule has 1 saturated heterocycles. The molecule has 7 heteroatoms. The number of carbonyl (C=O) groups excluding carboxylic acids is 1. The summed E-state index contributed by atoms with van der Waals surface area (Å²) in [6.45, 7) is 5.56. The van der Waals surface area contributed by atoms with Gasteiger partial charge in [-0.25, -0.2) is 9.18 Å². The molecule has 1 aliphatic heterocycles. The van der Waals surface area contributed by atoms with Crippen molar-refractivity contribution in [2.45, 2.75) is 25.9 Å². The number of hydrogen-bond donors (Lipinski definition) is 1. The van der Waals surface area contributed by atoms with Crippen molar-refractivity contribution in [3.05, 3.63) is 54.1 Å². The van der Waals surface area contributed by atoms with Crippen LogP contribution in [0.15, 0.2) is 42.7 Å². The third kappa shape index (κ3) is 4.30. The van der Waals surface area contributed by atoms with Gasteiger partial charge in [-0.2, -0.15) is 0 Å². The predicted octanol–water partition coefficient (Wildman–Crippen LogP) is 3.21. The van der Waals surface area contributed by atoms with Crippen LogP contribution >= 0.6 is 0 Å². The Labute approximate surface area is 158 Å². The van der Waals surface area contributed by atoms with Crippen molar-refractivity contribution >= 4 is 11.7 Å². The summed E-state index contributed by atoms with van der Waals surface area (Å²) in [7, 11) is 1.62. The lowest BCUT2D eigenvalue weighted by atomic mass is 10.1. The van der Waals surface area contributed by atoms with E-state index >= 15 is 0 Å². The highest BCUT2D eigenvalue weighted by Crippen LogP contribution is 2.23. The number of nitrogens with one attached hydrogen (secondary N) is 1. The van der Waals surface area contributed by atoms with E-state index in [0.29, 0.717) is 25.3 Å². The molecule has 0 saturated carbocycles. The third-order valence-electron chi connectivity index (χ3n) is 4.91. The molecule has 1 fully saturated rings. The number of benzene rings is 1. The van der Waals surface area contributed by atoms with E-state index in [9.17, 15) is 9.18 Å². The van der Waals surface area contributed by atoms with Crippen LogP contribution in [0.1, 0.15) is 25.5 Å². The molecular formula is C20H25FN4O2. The van der Waals surface area contributed by atoms with Gasteiger partial charge in [0.1, 0.15) is 5.75 Å². The van der Waals surface area contributed by atoms with E-state index in [1.165, 1.54) is 6.20 Å². The summed E-state index contributed by atoms with van der Waals surface area (Å²) in [6, 6.07) is 9.07. The van der Waals surface area contributed by atoms with Gasteiger partial charge in [-0.05, 0) is 37.6 Å². The zero-order chi connectivity index (χ0) is 19.4. The van der Waals surface area contributed by atoms with Gasteiger partial charge in [0.15, 0.2) is 5.82 Å². The van der Waals surface area contributed by atoms with E-state index in [4.69, 9.17) is 4.74 Å². The first-order valence-electron chi connectivity index (χ1n) is 9.05. The minimum Gasteiger partial charge on any atom is -0.497 e. The highest BCUT2D eigenvalue weighted by Gasteiger charge is 2.28. The molecule has 27 heavy (non-hydrogen) atoms.